The Hall–Kier alpha value is -2.89. The number of Topliss-reactive ketones (excluding diaryl/α,β-unsaturated/α-hetero) is 1. The summed E-state index contributed by atoms with van der Waals surface area (Å²) in [6.07, 6.45) is -5.05. The fourth-order valence-electron chi connectivity index (χ4n) is 4.60. The number of hydrogen-bond acceptors (Lipinski definition) is 5. The zero-order chi connectivity index (χ0) is 25.7. The predicted octanol–water partition coefficient (Wildman–Crippen LogP) is 3.10. The lowest BCUT2D eigenvalue weighted by atomic mass is 9.85. The lowest BCUT2D eigenvalue weighted by molar-refractivity contribution is -0.141. The molecule has 1 aliphatic carbocycles. The second kappa shape index (κ2) is 8.96. The van der Waals surface area contributed by atoms with E-state index in [0.29, 0.717) is 6.54 Å². The second-order valence-corrected chi connectivity index (χ2v) is 9.51. The molecule has 1 atom stereocenters. The average molecular weight is 500 g/mol. The maximum Gasteiger partial charge on any atom is 0.416 e. The summed E-state index contributed by atoms with van der Waals surface area (Å²) in [6, 6.07) is 1.50. The molecule has 4 rings (SSSR count). The Bertz CT molecular complexity index is 1220. The van der Waals surface area contributed by atoms with Crippen LogP contribution in [0.2, 0.25) is 0 Å². The molecule has 1 N–H and O–H groups in total. The molecule has 190 valence electrons. The van der Waals surface area contributed by atoms with Crippen molar-refractivity contribution in [1.82, 2.24) is 20.0 Å². The molecular weight excluding hydrogens is 475 g/mol. The number of carbonyl (C=O) groups excluding carboxylic acids is 2. The highest BCUT2D eigenvalue weighted by Gasteiger charge is 2.49. The highest BCUT2D eigenvalue weighted by atomic mass is 19.4. The molecule has 0 spiro atoms. The summed E-state index contributed by atoms with van der Waals surface area (Å²) in [5.41, 5.74) is -1.42. The highest BCUT2D eigenvalue weighted by molar-refractivity contribution is 5.90. The van der Waals surface area contributed by atoms with Gasteiger partial charge in [-0.15, -0.1) is 0 Å². The van der Waals surface area contributed by atoms with Crippen molar-refractivity contribution >= 4 is 22.5 Å². The van der Waals surface area contributed by atoms with Crippen LogP contribution in [0.3, 0.4) is 0 Å². The van der Waals surface area contributed by atoms with Gasteiger partial charge in [0.05, 0.1) is 16.6 Å². The first-order valence-electron chi connectivity index (χ1n) is 11.3. The largest absolute Gasteiger partial charge is 0.416 e. The van der Waals surface area contributed by atoms with Gasteiger partial charge < -0.3 is 5.32 Å². The first-order valence-corrected chi connectivity index (χ1v) is 11.3. The minimum Gasteiger partial charge on any atom is -0.343 e. The van der Waals surface area contributed by atoms with Crippen molar-refractivity contribution in [2.75, 3.05) is 13.1 Å². The number of likely N-dealkylation sites (tertiary alicyclic amines) is 1. The molecular formula is C23H25F5N4O3. The molecule has 35 heavy (non-hydrogen) atoms. The number of benzene rings is 1. The van der Waals surface area contributed by atoms with Crippen molar-refractivity contribution in [3.63, 3.8) is 0 Å². The van der Waals surface area contributed by atoms with E-state index in [1.165, 1.54) is 0 Å². The van der Waals surface area contributed by atoms with Gasteiger partial charge in [-0.1, -0.05) is 13.8 Å². The van der Waals surface area contributed by atoms with E-state index in [9.17, 15) is 36.3 Å². The number of fused-ring (bicyclic) bond motifs is 1. The summed E-state index contributed by atoms with van der Waals surface area (Å²) < 4.78 is 66.8. The quantitative estimate of drug-likeness (QED) is 0.638. The zero-order valence-corrected chi connectivity index (χ0v) is 19.2. The Labute approximate surface area is 197 Å². The van der Waals surface area contributed by atoms with Crippen LogP contribution in [0.5, 0.6) is 0 Å². The maximum absolute atomic E-state index is 13.2. The third kappa shape index (κ3) is 5.21. The third-order valence-electron chi connectivity index (χ3n) is 6.53. The fraction of sp³-hybridized carbons (Fsp3) is 0.565. The number of carbonyl (C=O) groups is 2. The molecule has 2 aliphatic rings. The minimum atomic E-state index is -4.59. The van der Waals surface area contributed by atoms with Crippen LogP contribution in [-0.4, -0.2) is 57.5 Å². The van der Waals surface area contributed by atoms with Gasteiger partial charge in [0.1, 0.15) is 12.6 Å². The Morgan fingerprint density at radius 3 is 2.49 bits per heavy atom. The fourth-order valence-corrected chi connectivity index (χ4v) is 4.60. The maximum atomic E-state index is 13.2. The average Bonchev–Trinajstić information content (AvgIpc) is 2.74. The van der Waals surface area contributed by atoms with Crippen molar-refractivity contribution in [2.45, 2.75) is 69.8 Å². The normalized spacial score (nSPS) is 21.4. The molecule has 1 saturated carbocycles. The Kier molecular flexibility index (Phi) is 6.45. The van der Waals surface area contributed by atoms with Crippen LogP contribution in [0.1, 0.15) is 50.3 Å². The number of aromatic nitrogens is 2. The summed E-state index contributed by atoms with van der Waals surface area (Å²) in [5.74, 6) is -3.96. The van der Waals surface area contributed by atoms with Crippen molar-refractivity contribution < 1.29 is 31.5 Å². The molecule has 1 aromatic carbocycles. The summed E-state index contributed by atoms with van der Waals surface area (Å²) in [7, 11) is 0. The molecule has 1 aliphatic heterocycles. The summed E-state index contributed by atoms with van der Waals surface area (Å²) in [5, 5.41) is 6.77. The number of hydrogen-bond donors (Lipinski definition) is 1. The van der Waals surface area contributed by atoms with E-state index in [0.717, 1.165) is 22.9 Å². The monoisotopic (exact) mass is 500 g/mol. The lowest BCUT2D eigenvalue weighted by Gasteiger charge is -2.45. The number of amides is 1. The van der Waals surface area contributed by atoms with Gasteiger partial charge in [-0.25, -0.2) is 13.5 Å². The molecule has 0 unspecified atom stereocenters. The standard InChI is InChI=1S/C23H25F5N4O3/c1-12(2)20-16-7-13(23(26,27)28)3-4-15(16)21(35)32(30-20)11-19(34)29-17-10-31(6-5-18(17)33)14-8-22(24,25)9-14/h3-4,7,12,14,17H,5-6,8-11H2,1-2H3,(H,29,34)/t17-/m0/s1. The topological polar surface area (TPSA) is 84.3 Å². The van der Waals surface area contributed by atoms with Crippen molar-refractivity contribution in [2.24, 2.45) is 0 Å². The van der Waals surface area contributed by atoms with Gasteiger partial charge in [0.2, 0.25) is 5.91 Å². The number of alkyl halides is 5. The number of halogens is 5. The minimum absolute atomic E-state index is 0.00432. The van der Waals surface area contributed by atoms with Crippen molar-refractivity contribution in [3.05, 3.63) is 39.8 Å². The zero-order valence-electron chi connectivity index (χ0n) is 19.2. The van der Waals surface area contributed by atoms with Gasteiger partial charge in [-0.05, 0) is 24.1 Å². The predicted molar refractivity (Wildman–Crippen MR) is 116 cm³/mol. The summed E-state index contributed by atoms with van der Waals surface area (Å²) in [6.45, 7) is 3.31. The van der Waals surface area contributed by atoms with Crippen molar-refractivity contribution in [1.29, 1.82) is 0 Å². The molecule has 1 amide bonds. The van der Waals surface area contributed by atoms with Gasteiger partial charge in [0.15, 0.2) is 5.78 Å². The Morgan fingerprint density at radius 1 is 1.20 bits per heavy atom. The first kappa shape index (κ1) is 25.2. The highest BCUT2D eigenvalue weighted by Crippen LogP contribution is 2.41. The van der Waals surface area contributed by atoms with E-state index in [1.807, 2.05) is 0 Å². The Balaban J connectivity index is 1.53. The molecule has 1 saturated heterocycles. The van der Waals surface area contributed by atoms with Gasteiger partial charge in [-0.3, -0.25) is 19.3 Å². The van der Waals surface area contributed by atoms with Crippen LogP contribution in [-0.2, 0) is 22.3 Å². The van der Waals surface area contributed by atoms with E-state index >= 15 is 0 Å². The van der Waals surface area contributed by atoms with Crippen LogP contribution >= 0.6 is 0 Å². The number of piperidine rings is 1. The number of rotatable bonds is 5. The number of nitrogens with one attached hydrogen (secondary N) is 1. The molecule has 2 heterocycles. The van der Waals surface area contributed by atoms with E-state index in [4.69, 9.17) is 0 Å². The molecule has 2 fully saturated rings. The van der Waals surface area contributed by atoms with Gasteiger partial charge in [0.25, 0.3) is 11.5 Å². The molecule has 12 heteroatoms. The molecule has 1 aromatic heterocycles. The molecule has 7 nitrogen and oxygen atoms in total. The van der Waals surface area contributed by atoms with Crippen LogP contribution in [0.15, 0.2) is 23.0 Å². The summed E-state index contributed by atoms with van der Waals surface area (Å²) in [4.78, 5) is 39.7. The van der Waals surface area contributed by atoms with Gasteiger partial charge in [0, 0.05) is 43.8 Å². The van der Waals surface area contributed by atoms with Gasteiger partial charge in [-0.2, -0.15) is 18.3 Å². The van der Waals surface area contributed by atoms with Crippen LogP contribution in [0.25, 0.3) is 10.8 Å². The van der Waals surface area contributed by atoms with Gasteiger partial charge >= 0.3 is 6.18 Å². The van der Waals surface area contributed by atoms with E-state index < -0.39 is 41.7 Å². The Morgan fingerprint density at radius 2 is 1.89 bits per heavy atom. The first-order chi connectivity index (χ1) is 16.2. The van der Waals surface area contributed by atoms with Crippen LogP contribution in [0.4, 0.5) is 22.0 Å². The SMILES string of the molecule is CC(C)c1nn(CC(=O)N[C@H]2CN(C3CC(F)(F)C3)CCC2=O)c(=O)c2ccc(C(F)(F)F)cc12. The number of ketones is 1. The van der Waals surface area contributed by atoms with Crippen LogP contribution < -0.4 is 10.9 Å². The third-order valence-corrected chi connectivity index (χ3v) is 6.53. The smallest absolute Gasteiger partial charge is 0.343 e. The number of nitrogens with zero attached hydrogens (tertiary/aromatic N) is 3. The van der Waals surface area contributed by atoms with Crippen molar-refractivity contribution in [3.8, 4) is 0 Å². The van der Waals surface area contributed by atoms with E-state index in [-0.39, 0.29) is 60.0 Å². The van der Waals surface area contributed by atoms with E-state index in [2.05, 4.69) is 10.4 Å². The second-order valence-electron chi connectivity index (χ2n) is 9.51. The van der Waals surface area contributed by atoms with E-state index in [1.54, 1.807) is 18.7 Å². The van der Waals surface area contributed by atoms with Crippen LogP contribution in [0, 0.1) is 0 Å². The molecule has 0 radical (unpaired) electrons. The lowest BCUT2D eigenvalue weighted by Crippen LogP contribution is -2.60. The molecule has 0 bridgehead atoms. The summed E-state index contributed by atoms with van der Waals surface area (Å²) >= 11 is 0. The molecule has 2 aromatic rings.